The number of alkyl carbamates (subject to hydrolysis) is 1. The van der Waals surface area contributed by atoms with Crippen molar-refractivity contribution in [2.45, 2.75) is 96.1 Å². The van der Waals surface area contributed by atoms with Crippen molar-refractivity contribution in [1.29, 1.82) is 0 Å². The van der Waals surface area contributed by atoms with Crippen LogP contribution in [0.2, 0.25) is 0 Å². The number of carbonyl (C=O) groups excluding carboxylic acids is 3. The van der Waals surface area contributed by atoms with Crippen LogP contribution in [0.15, 0.2) is 54.9 Å². The maximum Gasteiger partial charge on any atom is 0.407 e. The lowest BCUT2D eigenvalue weighted by molar-refractivity contribution is -0.124. The highest BCUT2D eigenvalue weighted by molar-refractivity contribution is 5.95. The third kappa shape index (κ3) is 9.02. The average molecular weight is 670 g/mol. The summed E-state index contributed by atoms with van der Waals surface area (Å²) in [6, 6.07) is 15.4. The fourth-order valence-electron chi connectivity index (χ4n) is 7.54. The van der Waals surface area contributed by atoms with E-state index >= 15 is 0 Å². The molecule has 0 unspecified atom stereocenters. The van der Waals surface area contributed by atoms with Crippen molar-refractivity contribution in [1.82, 2.24) is 20.4 Å². The maximum absolute atomic E-state index is 14.4. The second kappa shape index (κ2) is 15.9. The van der Waals surface area contributed by atoms with Gasteiger partial charge in [-0.15, -0.1) is 0 Å². The van der Waals surface area contributed by atoms with E-state index in [1.54, 1.807) is 7.11 Å². The van der Waals surface area contributed by atoms with Crippen molar-refractivity contribution in [3.05, 3.63) is 66.0 Å². The van der Waals surface area contributed by atoms with Crippen LogP contribution in [0.1, 0.15) is 94.2 Å². The number of aromatic nitrogens is 2. The van der Waals surface area contributed by atoms with Gasteiger partial charge in [0, 0.05) is 49.9 Å². The van der Waals surface area contributed by atoms with Crippen molar-refractivity contribution in [3.63, 3.8) is 0 Å². The Hall–Kier alpha value is -4.34. The number of nitrogens with zero attached hydrogens (tertiary/aromatic N) is 3. The maximum atomic E-state index is 14.4. The first-order valence-electron chi connectivity index (χ1n) is 18.1. The van der Waals surface area contributed by atoms with Gasteiger partial charge in [-0.25, -0.2) is 4.79 Å². The Morgan fingerprint density at radius 1 is 0.898 bits per heavy atom. The number of methoxy groups -OCH3 is 1. The smallest absolute Gasteiger partial charge is 0.407 e. The van der Waals surface area contributed by atoms with Gasteiger partial charge in [-0.3, -0.25) is 14.3 Å². The lowest BCUT2D eigenvalue weighted by Crippen LogP contribution is -2.42. The van der Waals surface area contributed by atoms with E-state index in [-0.39, 0.29) is 23.8 Å². The number of rotatable bonds is 12. The molecule has 0 radical (unpaired) electrons. The average Bonchev–Trinajstić information content (AvgIpc) is 3.85. The summed E-state index contributed by atoms with van der Waals surface area (Å²) in [5.41, 5.74) is 5.63. The quantitative estimate of drug-likeness (QED) is 0.202. The molecule has 0 saturated heterocycles. The molecule has 1 aromatic heterocycles. The molecule has 10 heteroatoms. The first kappa shape index (κ1) is 34.5. The third-order valence-electron chi connectivity index (χ3n) is 10.5. The lowest BCUT2D eigenvalue weighted by atomic mass is 9.78. The van der Waals surface area contributed by atoms with Crippen LogP contribution in [0.25, 0.3) is 11.1 Å². The van der Waals surface area contributed by atoms with E-state index in [0.717, 1.165) is 48.2 Å². The Morgan fingerprint density at radius 2 is 1.65 bits per heavy atom. The zero-order chi connectivity index (χ0) is 34.3. The normalized spacial score (nSPS) is 22.2. The summed E-state index contributed by atoms with van der Waals surface area (Å²) in [6.45, 7) is 4.91. The highest BCUT2D eigenvalue weighted by Crippen LogP contribution is 2.40. The Balaban J connectivity index is 1.11. The summed E-state index contributed by atoms with van der Waals surface area (Å²) in [6.07, 6.45) is 12.7. The zero-order valence-corrected chi connectivity index (χ0v) is 29.2. The number of ether oxygens (including phenoxy) is 2. The minimum Gasteiger partial charge on any atom is -0.496 e. The molecule has 0 aliphatic heterocycles. The molecular formula is C39H51N5O5. The molecule has 1 heterocycles. The Bertz CT molecular complexity index is 1600. The molecule has 2 N–H and O–H groups in total. The molecule has 262 valence electrons. The Kier molecular flexibility index (Phi) is 11.2. The summed E-state index contributed by atoms with van der Waals surface area (Å²) >= 11 is 0. The number of carbonyl (C=O) groups is 3. The van der Waals surface area contributed by atoms with E-state index in [9.17, 15) is 14.4 Å². The standard InChI is InChI=1S/C39H51N5O5/c1-26-21-32(13-18-37(26)48-3)29-9-7-28(8-10-29)24-43(35-6-4-5-31(22-35)33-23-42-44(25-33)34-14-15-34)38(46)30-11-16-36(17-12-30)49-39(47)41-20-19-40-27(2)45/h4-6,13,18,21-23,25,28-30,34,36H,7-12,14-17,19-20,24H2,1-3H3,(H,40,45)(H,41,47). The molecule has 6 rings (SSSR count). The lowest BCUT2D eigenvalue weighted by Gasteiger charge is -2.36. The van der Waals surface area contributed by atoms with Crippen LogP contribution in [0.4, 0.5) is 10.5 Å². The van der Waals surface area contributed by atoms with Gasteiger partial charge < -0.3 is 25.0 Å². The number of anilines is 1. The number of hydrogen-bond acceptors (Lipinski definition) is 6. The minimum absolute atomic E-state index is 0.123. The van der Waals surface area contributed by atoms with Gasteiger partial charge in [0.05, 0.1) is 19.3 Å². The molecule has 3 amide bonds. The predicted molar refractivity (Wildman–Crippen MR) is 190 cm³/mol. The van der Waals surface area contributed by atoms with Crippen molar-refractivity contribution in [3.8, 4) is 16.9 Å². The van der Waals surface area contributed by atoms with Gasteiger partial charge in [-0.1, -0.05) is 24.3 Å². The van der Waals surface area contributed by atoms with Crippen LogP contribution in [-0.2, 0) is 14.3 Å². The van der Waals surface area contributed by atoms with Crippen LogP contribution in [0, 0.1) is 18.8 Å². The molecule has 0 bridgehead atoms. The van der Waals surface area contributed by atoms with E-state index in [0.29, 0.717) is 63.2 Å². The van der Waals surface area contributed by atoms with Crippen LogP contribution in [0.5, 0.6) is 5.75 Å². The van der Waals surface area contributed by atoms with E-state index in [1.807, 2.05) is 6.20 Å². The number of benzene rings is 2. The van der Waals surface area contributed by atoms with Gasteiger partial charge in [0.1, 0.15) is 11.9 Å². The molecule has 49 heavy (non-hydrogen) atoms. The van der Waals surface area contributed by atoms with Gasteiger partial charge >= 0.3 is 6.09 Å². The van der Waals surface area contributed by atoms with Gasteiger partial charge in [0.2, 0.25) is 11.8 Å². The third-order valence-corrected chi connectivity index (χ3v) is 10.5. The molecule has 10 nitrogen and oxygen atoms in total. The Morgan fingerprint density at radius 3 is 2.35 bits per heavy atom. The first-order chi connectivity index (χ1) is 23.8. The van der Waals surface area contributed by atoms with E-state index < -0.39 is 6.09 Å². The van der Waals surface area contributed by atoms with Gasteiger partial charge in [-0.2, -0.15) is 5.10 Å². The molecular weight excluding hydrogens is 618 g/mol. The molecule has 3 fully saturated rings. The summed E-state index contributed by atoms with van der Waals surface area (Å²) in [7, 11) is 1.72. The van der Waals surface area contributed by atoms with Crippen LogP contribution in [-0.4, -0.2) is 60.5 Å². The van der Waals surface area contributed by atoms with Crippen molar-refractivity contribution < 1.29 is 23.9 Å². The first-order valence-corrected chi connectivity index (χ1v) is 18.1. The summed E-state index contributed by atoms with van der Waals surface area (Å²) in [4.78, 5) is 39.8. The Labute approximate surface area is 289 Å². The second-order valence-corrected chi connectivity index (χ2v) is 14.2. The van der Waals surface area contributed by atoms with Crippen molar-refractivity contribution in [2.24, 2.45) is 11.8 Å². The zero-order valence-electron chi connectivity index (χ0n) is 29.2. The van der Waals surface area contributed by atoms with Crippen molar-refractivity contribution >= 4 is 23.6 Å². The number of hydrogen-bond donors (Lipinski definition) is 2. The van der Waals surface area contributed by atoms with Crippen molar-refractivity contribution in [2.75, 3.05) is 31.6 Å². The molecule has 0 spiro atoms. The number of amides is 3. The fraction of sp³-hybridized carbons (Fsp3) is 0.538. The minimum atomic E-state index is -0.482. The topological polar surface area (TPSA) is 115 Å². The molecule has 3 saturated carbocycles. The monoisotopic (exact) mass is 669 g/mol. The summed E-state index contributed by atoms with van der Waals surface area (Å²) in [5.74, 6) is 1.77. The molecule has 3 aromatic rings. The highest BCUT2D eigenvalue weighted by Gasteiger charge is 2.34. The van der Waals surface area contributed by atoms with Crippen LogP contribution in [0.3, 0.4) is 0 Å². The fourth-order valence-corrected chi connectivity index (χ4v) is 7.54. The van der Waals surface area contributed by atoms with Crippen LogP contribution >= 0.6 is 0 Å². The van der Waals surface area contributed by atoms with Gasteiger partial charge in [-0.05, 0) is 118 Å². The highest BCUT2D eigenvalue weighted by atomic mass is 16.6. The molecule has 3 aliphatic rings. The number of aryl methyl sites for hydroxylation is 1. The van der Waals surface area contributed by atoms with Gasteiger partial charge in [0.15, 0.2) is 0 Å². The second-order valence-electron chi connectivity index (χ2n) is 14.2. The van der Waals surface area contributed by atoms with E-state index in [1.165, 1.54) is 30.9 Å². The van der Waals surface area contributed by atoms with Gasteiger partial charge in [0.25, 0.3) is 0 Å². The van der Waals surface area contributed by atoms with E-state index in [2.05, 4.69) is 80.9 Å². The largest absolute Gasteiger partial charge is 0.496 e. The summed E-state index contributed by atoms with van der Waals surface area (Å²) < 4.78 is 13.2. The molecule has 3 aliphatic carbocycles. The predicted octanol–water partition coefficient (Wildman–Crippen LogP) is 6.93. The van der Waals surface area contributed by atoms with Crippen LogP contribution < -0.4 is 20.3 Å². The summed E-state index contributed by atoms with van der Waals surface area (Å²) in [5, 5.41) is 9.95. The number of nitrogens with one attached hydrogen (secondary N) is 2. The van der Waals surface area contributed by atoms with E-state index in [4.69, 9.17) is 9.47 Å². The molecule has 0 atom stereocenters. The SMILES string of the molecule is COc1ccc(C2CCC(CN(C(=O)C3CCC(OC(=O)NCCNC(C)=O)CC3)c3cccc(-c4cnn(C5CC5)c4)c3)CC2)cc1C. The molecule has 2 aromatic carbocycles.